The van der Waals surface area contributed by atoms with Gasteiger partial charge in [0.25, 0.3) is 0 Å². The van der Waals surface area contributed by atoms with Gasteiger partial charge in [0.2, 0.25) is 0 Å². The van der Waals surface area contributed by atoms with E-state index in [0.29, 0.717) is 0 Å². The Bertz CT molecular complexity index is 2870. The maximum Gasteiger partial charge on any atom is 0.0159 e. The van der Waals surface area contributed by atoms with Crippen molar-refractivity contribution in [3.63, 3.8) is 0 Å². The minimum atomic E-state index is -0.142. The lowest BCUT2D eigenvalue weighted by Gasteiger charge is -2.25. The molecule has 0 heteroatoms. The fourth-order valence-electron chi connectivity index (χ4n) is 9.07. The number of hydrogen-bond acceptors (Lipinski definition) is 0. The van der Waals surface area contributed by atoms with Crippen LogP contribution in [0, 0.1) is 6.92 Å². The first-order valence-corrected chi connectivity index (χ1v) is 19.0. The van der Waals surface area contributed by atoms with Crippen molar-refractivity contribution in [2.24, 2.45) is 0 Å². The molecule has 0 nitrogen and oxygen atoms in total. The monoisotopic (exact) mass is 688 g/mol. The summed E-state index contributed by atoms with van der Waals surface area (Å²) >= 11 is 0. The van der Waals surface area contributed by atoms with Crippen LogP contribution in [-0.4, -0.2) is 0 Å². The number of benzene rings is 9. The minimum Gasteiger partial charge on any atom is -0.0622 e. The smallest absolute Gasteiger partial charge is 0.0159 e. The van der Waals surface area contributed by atoms with E-state index in [1.807, 2.05) is 0 Å². The zero-order chi connectivity index (χ0) is 36.4. The van der Waals surface area contributed by atoms with Gasteiger partial charge in [-0.25, -0.2) is 0 Å². The zero-order valence-corrected chi connectivity index (χ0v) is 30.9. The summed E-state index contributed by atoms with van der Waals surface area (Å²) in [7, 11) is 0. The average molecular weight is 689 g/mol. The molecule has 0 amide bonds. The predicted octanol–water partition coefficient (Wildman–Crippen LogP) is 14.9. The SMILES string of the molecule is Cc1ccc(-c2ccc3c(-c4ccccc4-c4ccccc4)c4cc5c(cc4c(-c4ccccc4-c4ccccc4)c3c2)C(C)(C)c2ccccc2-5)cc1. The second kappa shape index (κ2) is 12.6. The van der Waals surface area contributed by atoms with Gasteiger partial charge >= 0.3 is 0 Å². The highest BCUT2D eigenvalue weighted by molar-refractivity contribution is 6.24. The molecule has 10 rings (SSSR count). The van der Waals surface area contributed by atoms with Gasteiger partial charge in [0.1, 0.15) is 0 Å². The molecule has 0 heterocycles. The summed E-state index contributed by atoms with van der Waals surface area (Å²) in [5.41, 5.74) is 19.0. The van der Waals surface area contributed by atoms with Crippen molar-refractivity contribution in [2.45, 2.75) is 26.2 Å². The highest BCUT2D eigenvalue weighted by Crippen LogP contribution is 2.54. The van der Waals surface area contributed by atoms with Crippen LogP contribution in [0.4, 0.5) is 0 Å². The Balaban J connectivity index is 1.42. The van der Waals surface area contributed by atoms with Crippen molar-refractivity contribution in [3.8, 4) is 66.8 Å². The molecule has 0 radical (unpaired) electrons. The molecular formula is C54H40. The van der Waals surface area contributed by atoms with Crippen LogP contribution in [0.5, 0.6) is 0 Å². The van der Waals surface area contributed by atoms with Gasteiger partial charge in [0, 0.05) is 5.41 Å². The topological polar surface area (TPSA) is 0 Å². The van der Waals surface area contributed by atoms with Gasteiger partial charge in [-0.2, -0.15) is 0 Å². The lowest BCUT2D eigenvalue weighted by Crippen LogP contribution is -2.14. The fraction of sp³-hybridized carbons (Fsp3) is 0.0741. The van der Waals surface area contributed by atoms with Crippen LogP contribution in [0.1, 0.15) is 30.5 Å². The van der Waals surface area contributed by atoms with E-state index in [0.717, 1.165) is 0 Å². The summed E-state index contributed by atoms with van der Waals surface area (Å²) in [6.07, 6.45) is 0. The second-order valence-corrected chi connectivity index (χ2v) is 15.3. The lowest BCUT2D eigenvalue weighted by molar-refractivity contribution is 0.661. The van der Waals surface area contributed by atoms with Gasteiger partial charge in [-0.1, -0.05) is 189 Å². The van der Waals surface area contributed by atoms with E-state index in [4.69, 9.17) is 0 Å². The fourth-order valence-corrected chi connectivity index (χ4v) is 9.07. The van der Waals surface area contributed by atoms with E-state index in [1.165, 1.54) is 105 Å². The third-order valence-corrected chi connectivity index (χ3v) is 11.8. The molecule has 1 aliphatic rings. The van der Waals surface area contributed by atoms with Crippen molar-refractivity contribution >= 4 is 21.5 Å². The lowest BCUT2D eigenvalue weighted by atomic mass is 9.78. The minimum absolute atomic E-state index is 0.142. The van der Waals surface area contributed by atoms with Crippen molar-refractivity contribution in [1.82, 2.24) is 0 Å². The molecule has 0 unspecified atom stereocenters. The number of fused-ring (bicyclic) bond motifs is 5. The van der Waals surface area contributed by atoms with Gasteiger partial charge in [-0.15, -0.1) is 0 Å². The van der Waals surface area contributed by atoms with E-state index in [9.17, 15) is 0 Å². The van der Waals surface area contributed by atoms with Crippen molar-refractivity contribution < 1.29 is 0 Å². The summed E-state index contributed by atoms with van der Waals surface area (Å²) in [5.74, 6) is 0. The van der Waals surface area contributed by atoms with E-state index >= 15 is 0 Å². The average Bonchev–Trinajstić information content (AvgIpc) is 3.45. The largest absolute Gasteiger partial charge is 0.0622 e. The summed E-state index contributed by atoms with van der Waals surface area (Å²) in [6, 6.07) is 69.9. The van der Waals surface area contributed by atoms with E-state index in [2.05, 4.69) is 209 Å². The molecule has 0 aliphatic heterocycles. The van der Waals surface area contributed by atoms with Gasteiger partial charge in [-0.3, -0.25) is 0 Å². The predicted molar refractivity (Wildman–Crippen MR) is 231 cm³/mol. The standard InChI is InChI=1S/C54H40/c1-35-26-28-36(29-27-35)39-30-31-45-47(32-39)53(44-24-13-11-21-41(44)38-18-8-5-9-19-38)49-34-51-46(42-22-14-15-25-50(42)54(51,2)3)33-48(49)52(45)43-23-12-10-20-40(43)37-16-6-4-7-17-37/h4-34H,1-3H3. The molecule has 0 atom stereocenters. The van der Waals surface area contributed by atoms with Gasteiger partial charge in [0.15, 0.2) is 0 Å². The van der Waals surface area contributed by atoms with Crippen LogP contribution >= 0.6 is 0 Å². The summed E-state index contributed by atoms with van der Waals surface area (Å²) in [6.45, 7) is 6.94. The Kier molecular flexibility index (Phi) is 7.49. The summed E-state index contributed by atoms with van der Waals surface area (Å²) in [4.78, 5) is 0. The zero-order valence-electron chi connectivity index (χ0n) is 30.9. The van der Waals surface area contributed by atoms with E-state index in [-0.39, 0.29) is 5.41 Å². The first-order valence-electron chi connectivity index (χ1n) is 19.0. The quantitative estimate of drug-likeness (QED) is 0.158. The van der Waals surface area contributed by atoms with Crippen molar-refractivity contribution in [2.75, 3.05) is 0 Å². The first kappa shape index (κ1) is 32.2. The molecule has 9 aromatic rings. The van der Waals surface area contributed by atoms with Crippen LogP contribution in [0.25, 0.3) is 88.3 Å². The van der Waals surface area contributed by atoms with E-state index in [1.54, 1.807) is 0 Å². The third kappa shape index (κ3) is 5.06. The Labute approximate surface area is 318 Å². The Hall–Kier alpha value is -6.50. The highest BCUT2D eigenvalue weighted by atomic mass is 14.4. The first-order chi connectivity index (χ1) is 26.5. The number of aryl methyl sites for hydroxylation is 1. The van der Waals surface area contributed by atoms with Crippen LogP contribution < -0.4 is 0 Å². The molecule has 0 fully saturated rings. The summed E-state index contributed by atoms with van der Waals surface area (Å²) in [5, 5.41) is 5.07. The molecule has 0 saturated heterocycles. The molecule has 0 spiro atoms. The molecular weight excluding hydrogens is 649 g/mol. The second-order valence-electron chi connectivity index (χ2n) is 15.3. The Morgan fingerprint density at radius 3 is 1.37 bits per heavy atom. The van der Waals surface area contributed by atoms with E-state index < -0.39 is 0 Å². The molecule has 1 aliphatic carbocycles. The Morgan fingerprint density at radius 1 is 0.296 bits per heavy atom. The number of hydrogen-bond donors (Lipinski definition) is 0. The molecule has 0 N–H and O–H groups in total. The highest BCUT2D eigenvalue weighted by Gasteiger charge is 2.36. The van der Waals surface area contributed by atoms with Crippen LogP contribution in [0.2, 0.25) is 0 Å². The molecule has 54 heavy (non-hydrogen) atoms. The third-order valence-electron chi connectivity index (χ3n) is 11.8. The normalized spacial score (nSPS) is 12.9. The number of rotatable bonds is 5. The van der Waals surface area contributed by atoms with Crippen molar-refractivity contribution in [3.05, 3.63) is 205 Å². The van der Waals surface area contributed by atoms with Crippen LogP contribution in [0.3, 0.4) is 0 Å². The maximum atomic E-state index is 2.55. The Morgan fingerprint density at radius 2 is 0.759 bits per heavy atom. The molecule has 0 aromatic heterocycles. The maximum absolute atomic E-state index is 2.55. The van der Waals surface area contributed by atoms with Crippen LogP contribution in [-0.2, 0) is 5.41 Å². The molecule has 0 saturated carbocycles. The van der Waals surface area contributed by atoms with Gasteiger partial charge < -0.3 is 0 Å². The van der Waals surface area contributed by atoms with Gasteiger partial charge in [0.05, 0.1) is 0 Å². The molecule has 9 aromatic carbocycles. The van der Waals surface area contributed by atoms with Crippen LogP contribution in [0.15, 0.2) is 188 Å². The summed E-state index contributed by atoms with van der Waals surface area (Å²) < 4.78 is 0. The van der Waals surface area contributed by atoms with Gasteiger partial charge in [-0.05, 0) is 125 Å². The molecule has 256 valence electrons. The molecule has 0 bridgehead atoms. The van der Waals surface area contributed by atoms with Crippen molar-refractivity contribution in [1.29, 1.82) is 0 Å².